The van der Waals surface area contributed by atoms with Gasteiger partial charge in [0.05, 0.1) is 21.9 Å². The number of halogens is 3. The highest BCUT2D eigenvalue weighted by atomic mass is 32.2. The largest absolute Gasteiger partial charge is 0.457 e. The second-order valence-electron chi connectivity index (χ2n) is 6.94. The predicted molar refractivity (Wildman–Crippen MR) is 114 cm³/mol. The van der Waals surface area contributed by atoms with Crippen LogP contribution in [0.4, 0.5) is 23.7 Å². The molecule has 0 saturated carbocycles. The van der Waals surface area contributed by atoms with Crippen LogP contribution in [0.5, 0.6) is 0 Å². The molecule has 0 radical (unpaired) electrons. The summed E-state index contributed by atoms with van der Waals surface area (Å²) in [4.78, 5) is 36.2. The van der Waals surface area contributed by atoms with Crippen LogP contribution in [0.3, 0.4) is 0 Å². The molecule has 0 unspecified atom stereocenters. The van der Waals surface area contributed by atoms with Crippen molar-refractivity contribution < 1.29 is 32.1 Å². The topological polar surface area (TPSA) is 93.7 Å². The summed E-state index contributed by atoms with van der Waals surface area (Å²) in [6.07, 6.45) is -3.27. The zero-order valence-electron chi connectivity index (χ0n) is 16.5. The Labute approximate surface area is 188 Å². The van der Waals surface area contributed by atoms with Crippen LogP contribution >= 0.6 is 11.8 Å². The van der Waals surface area contributed by atoms with Crippen molar-refractivity contribution in [1.29, 1.82) is 0 Å². The molecule has 0 aliphatic carbocycles. The first-order valence-corrected chi connectivity index (χ1v) is 10.2. The van der Waals surface area contributed by atoms with Crippen molar-refractivity contribution in [3.8, 4) is 11.3 Å². The molecule has 1 aliphatic heterocycles. The third kappa shape index (κ3) is 4.67. The van der Waals surface area contributed by atoms with E-state index in [-0.39, 0.29) is 34.2 Å². The number of benzene rings is 2. The smallest absolute Gasteiger partial charge is 0.417 e. The molecule has 1 aromatic heterocycles. The highest BCUT2D eigenvalue weighted by Crippen LogP contribution is 2.38. The van der Waals surface area contributed by atoms with Crippen molar-refractivity contribution in [2.45, 2.75) is 12.7 Å². The van der Waals surface area contributed by atoms with Gasteiger partial charge in [-0.1, -0.05) is 30.3 Å². The first kappa shape index (κ1) is 22.3. The van der Waals surface area contributed by atoms with E-state index in [2.05, 4.69) is 0 Å². The summed E-state index contributed by atoms with van der Waals surface area (Å²) >= 11 is 0.667. The Balaban J connectivity index is 1.54. The third-order valence-corrected chi connectivity index (χ3v) is 5.67. The number of non-ortho nitro benzene ring substituents is 1. The van der Waals surface area contributed by atoms with E-state index in [1.807, 2.05) is 0 Å². The van der Waals surface area contributed by atoms with E-state index in [0.717, 1.165) is 11.0 Å². The maximum Gasteiger partial charge on any atom is 0.417 e. The summed E-state index contributed by atoms with van der Waals surface area (Å²) in [5.41, 5.74) is -0.591. The number of amides is 2. The lowest BCUT2D eigenvalue weighted by Gasteiger charge is -2.12. The predicted octanol–water partition coefficient (Wildman–Crippen LogP) is 6.11. The van der Waals surface area contributed by atoms with Gasteiger partial charge in [0, 0.05) is 23.8 Å². The number of carbonyl (C=O) groups is 2. The second-order valence-corrected chi connectivity index (χ2v) is 7.93. The van der Waals surface area contributed by atoms with Crippen molar-refractivity contribution in [1.82, 2.24) is 4.90 Å². The van der Waals surface area contributed by atoms with Crippen molar-refractivity contribution in [2.24, 2.45) is 0 Å². The van der Waals surface area contributed by atoms with Gasteiger partial charge in [0.1, 0.15) is 11.5 Å². The zero-order valence-corrected chi connectivity index (χ0v) is 17.4. The minimum atomic E-state index is -4.57. The number of rotatable bonds is 5. The number of imide groups is 1. The number of furan rings is 1. The Kier molecular flexibility index (Phi) is 5.81. The van der Waals surface area contributed by atoms with Crippen LogP contribution in [0, 0.1) is 10.1 Å². The highest BCUT2D eigenvalue weighted by molar-refractivity contribution is 8.18. The van der Waals surface area contributed by atoms with Crippen LogP contribution in [0.25, 0.3) is 17.4 Å². The van der Waals surface area contributed by atoms with Crippen LogP contribution in [-0.2, 0) is 17.5 Å². The van der Waals surface area contributed by atoms with E-state index >= 15 is 0 Å². The lowest BCUT2D eigenvalue weighted by molar-refractivity contribution is -0.384. The number of nitro groups is 1. The number of alkyl halides is 3. The van der Waals surface area contributed by atoms with Crippen LogP contribution in [0.2, 0.25) is 0 Å². The fraction of sp³-hybridized carbons (Fsp3) is 0.0909. The molecule has 0 atom stereocenters. The van der Waals surface area contributed by atoms with Crippen molar-refractivity contribution in [3.05, 3.63) is 92.6 Å². The average molecular weight is 474 g/mol. The lowest BCUT2D eigenvalue weighted by atomic mass is 10.1. The summed E-state index contributed by atoms with van der Waals surface area (Å²) < 4.78 is 45.3. The molecular weight excluding hydrogens is 461 g/mol. The minimum absolute atomic E-state index is 0.0284. The van der Waals surface area contributed by atoms with Gasteiger partial charge >= 0.3 is 6.18 Å². The molecule has 2 heterocycles. The summed E-state index contributed by atoms with van der Waals surface area (Å²) in [6, 6.07) is 13.2. The van der Waals surface area contributed by atoms with Gasteiger partial charge in [0.25, 0.3) is 16.8 Å². The quantitative estimate of drug-likeness (QED) is 0.252. The van der Waals surface area contributed by atoms with E-state index in [9.17, 15) is 32.9 Å². The van der Waals surface area contributed by atoms with Crippen molar-refractivity contribution in [2.75, 3.05) is 0 Å². The molecule has 2 amide bonds. The van der Waals surface area contributed by atoms with E-state index in [4.69, 9.17) is 4.42 Å². The van der Waals surface area contributed by atoms with Gasteiger partial charge < -0.3 is 4.42 Å². The number of nitrogens with zero attached hydrogens (tertiary/aromatic N) is 2. The van der Waals surface area contributed by atoms with Gasteiger partial charge in [-0.3, -0.25) is 24.6 Å². The molecule has 0 N–H and O–H groups in total. The summed E-state index contributed by atoms with van der Waals surface area (Å²) in [6.45, 7) is -0.0810. The van der Waals surface area contributed by atoms with E-state index in [0.29, 0.717) is 17.3 Å². The van der Waals surface area contributed by atoms with E-state index in [1.165, 1.54) is 60.7 Å². The maximum absolute atomic E-state index is 13.3. The Morgan fingerprint density at radius 2 is 1.73 bits per heavy atom. The molecular formula is C22H13F3N2O5S. The third-order valence-electron chi connectivity index (χ3n) is 4.76. The van der Waals surface area contributed by atoms with Gasteiger partial charge in [-0.2, -0.15) is 13.2 Å². The molecule has 1 fully saturated rings. The van der Waals surface area contributed by atoms with Crippen LogP contribution in [0.1, 0.15) is 16.9 Å². The molecule has 0 spiro atoms. The Bertz CT molecular complexity index is 1280. The first-order valence-electron chi connectivity index (χ1n) is 9.38. The number of thioether (sulfide) groups is 1. The Morgan fingerprint density at radius 1 is 1.03 bits per heavy atom. The normalized spacial score (nSPS) is 15.5. The average Bonchev–Trinajstić information content (AvgIpc) is 3.34. The van der Waals surface area contributed by atoms with Gasteiger partial charge in [0.15, 0.2) is 0 Å². The summed E-state index contributed by atoms with van der Waals surface area (Å²) in [5, 5.41) is 10.2. The number of hydrogen-bond acceptors (Lipinski definition) is 6. The molecule has 1 saturated heterocycles. The molecule has 4 rings (SSSR count). The monoisotopic (exact) mass is 474 g/mol. The van der Waals surface area contributed by atoms with Crippen LogP contribution in [-0.4, -0.2) is 21.0 Å². The molecule has 2 aromatic carbocycles. The van der Waals surface area contributed by atoms with E-state index in [1.54, 1.807) is 0 Å². The van der Waals surface area contributed by atoms with Gasteiger partial charge in [-0.05, 0) is 35.5 Å². The summed E-state index contributed by atoms with van der Waals surface area (Å²) in [7, 11) is 0. The fourth-order valence-electron chi connectivity index (χ4n) is 3.19. The van der Waals surface area contributed by atoms with Crippen molar-refractivity contribution >= 4 is 34.7 Å². The fourth-order valence-corrected chi connectivity index (χ4v) is 4.01. The molecule has 33 heavy (non-hydrogen) atoms. The SMILES string of the molecule is O=C1S/C(=C\c2ccc(-c3ccccc3C(F)(F)F)o2)C(=O)N1Cc1ccc([N+](=O)[O-])cc1. The van der Waals surface area contributed by atoms with Crippen LogP contribution in [0.15, 0.2) is 70.0 Å². The Morgan fingerprint density at radius 3 is 2.39 bits per heavy atom. The number of nitro benzene ring substituents is 1. The molecule has 0 bridgehead atoms. The molecule has 3 aromatic rings. The molecule has 7 nitrogen and oxygen atoms in total. The lowest BCUT2D eigenvalue weighted by Crippen LogP contribution is -2.27. The second kappa shape index (κ2) is 8.58. The van der Waals surface area contributed by atoms with Gasteiger partial charge in [-0.15, -0.1) is 0 Å². The zero-order chi connectivity index (χ0) is 23.8. The van der Waals surface area contributed by atoms with Gasteiger partial charge in [-0.25, -0.2) is 0 Å². The van der Waals surface area contributed by atoms with Crippen molar-refractivity contribution in [3.63, 3.8) is 0 Å². The summed E-state index contributed by atoms with van der Waals surface area (Å²) in [5.74, 6) is -0.515. The van der Waals surface area contributed by atoms with Crippen LogP contribution < -0.4 is 0 Å². The highest BCUT2D eigenvalue weighted by Gasteiger charge is 2.36. The minimum Gasteiger partial charge on any atom is -0.457 e. The Hall–Kier alpha value is -3.86. The van der Waals surface area contributed by atoms with E-state index < -0.39 is 27.8 Å². The number of carbonyl (C=O) groups excluding carboxylic acids is 2. The first-order chi connectivity index (χ1) is 15.6. The maximum atomic E-state index is 13.3. The van der Waals surface area contributed by atoms with Gasteiger partial charge in [0.2, 0.25) is 0 Å². The number of hydrogen-bond donors (Lipinski definition) is 0. The molecule has 168 valence electrons. The molecule has 11 heteroatoms. The molecule has 1 aliphatic rings. The standard InChI is InChI=1S/C22H13F3N2O5S/c23-22(24,25)17-4-2-1-3-16(17)18-10-9-15(32-18)11-19-20(28)26(21(29)33-19)12-13-5-7-14(8-6-13)27(30)31/h1-11H,12H2/b19-11-.